The van der Waals surface area contributed by atoms with E-state index in [0.29, 0.717) is 25.8 Å². The SMILES string of the molecule is CCC(NCC1(O)CCOC1)C1CC1. The molecule has 3 nitrogen and oxygen atoms in total. The van der Waals surface area contributed by atoms with Gasteiger partial charge in [-0.05, 0) is 25.2 Å². The lowest BCUT2D eigenvalue weighted by molar-refractivity contribution is 0.0241. The van der Waals surface area contributed by atoms with Crippen molar-refractivity contribution in [2.45, 2.75) is 44.2 Å². The smallest absolute Gasteiger partial charge is 0.102 e. The summed E-state index contributed by atoms with van der Waals surface area (Å²) in [5, 5.41) is 13.5. The van der Waals surface area contributed by atoms with E-state index in [1.54, 1.807) is 0 Å². The summed E-state index contributed by atoms with van der Waals surface area (Å²) in [6, 6.07) is 0.611. The third-order valence-corrected chi connectivity index (χ3v) is 3.41. The molecule has 0 radical (unpaired) electrons. The highest BCUT2D eigenvalue weighted by molar-refractivity contribution is 4.90. The fourth-order valence-corrected chi connectivity index (χ4v) is 2.20. The van der Waals surface area contributed by atoms with Gasteiger partial charge in [0, 0.05) is 25.6 Å². The van der Waals surface area contributed by atoms with E-state index in [0.717, 1.165) is 12.3 Å². The van der Waals surface area contributed by atoms with Crippen molar-refractivity contribution in [1.82, 2.24) is 5.32 Å². The van der Waals surface area contributed by atoms with Gasteiger partial charge >= 0.3 is 0 Å². The Balaban J connectivity index is 1.74. The second-order valence-corrected chi connectivity index (χ2v) is 4.76. The molecule has 2 atom stereocenters. The molecule has 2 aliphatic rings. The summed E-state index contributed by atoms with van der Waals surface area (Å²) < 4.78 is 5.21. The maximum atomic E-state index is 10.1. The first kappa shape index (κ1) is 10.4. The van der Waals surface area contributed by atoms with Crippen molar-refractivity contribution in [2.75, 3.05) is 19.8 Å². The molecule has 3 heteroatoms. The van der Waals surface area contributed by atoms with Crippen molar-refractivity contribution in [3.05, 3.63) is 0 Å². The van der Waals surface area contributed by atoms with Gasteiger partial charge in [0.1, 0.15) is 5.60 Å². The fourth-order valence-electron chi connectivity index (χ4n) is 2.20. The van der Waals surface area contributed by atoms with Gasteiger partial charge in [-0.1, -0.05) is 6.92 Å². The Labute approximate surface area is 85.8 Å². The number of rotatable bonds is 5. The Kier molecular flexibility index (Phi) is 3.10. The fraction of sp³-hybridized carbons (Fsp3) is 1.00. The molecule has 2 rings (SSSR count). The van der Waals surface area contributed by atoms with E-state index in [4.69, 9.17) is 4.74 Å². The Morgan fingerprint density at radius 2 is 2.36 bits per heavy atom. The first-order valence-corrected chi connectivity index (χ1v) is 5.77. The van der Waals surface area contributed by atoms with E-state index in [1.165, 1.54) is 19.3 Å². The van der Waals surface area contributed by atoms with Gasteiger partial charge in [0.2, 0.25) is 0 Å². The number of hydrogen-bond donors (Lipinski definition) is 2. The third kappa shape index (κ3) is 2.47. The normalized spacial score (nSPS) is 34.7. The van der Waals surface area contributed by atoms with Crippen LogP contribution in [0.25, 0.3) is 0 Å². The first-order valence-electron chi connectivity index (χ1n) is 5.77. The topological polar surface area (TPSA) is 41.5 Å². The van der Waals surface area contributed by atoms with E-state index in [-0.39, 0.29) is 0 Å². The zero-order chi connectivity index (χ0) is 10.0. The number of hydrogen-bond acceptors (Lipinski definition) is 3. The number of aliphatic hydroxyl groups is 1. The number of nitrogens with one attached hydrogen (secondary N) is 1. The van der Waals surface area contributed by atoms with Gasteiger partial charge in [0.25, 0.3) is 0 Å². The van der Waals surface area contributed by atoms with Crippen molar-refractivity contribution in [1.29, 1.82) is 0 Å². The molecule has 14 heavy (non-hydrogen) atoms. The highest BCUT2D eigenvalue weighted by atomic mass is 16.5. The lowest BCUT2D eigenvalue weighted by Gasteiger charge is -2.25. The summed E-state index contributed by atoms with van der Waals surface area (Å²) in [5.74, 6) is 0.867. The molecule has 0 aromatic rings. The van der Waals surface area contributed by atoms with Gasteiger partial charge in [0.15, 0.2) is 0 Å². The summed E-state index contributed by atoms with van der Waals surface area (Å²) in [5.41, 5.74) is -0.595. The van der Waals surface area contributed by atoms with Crippen LogP contribution in [-0.2, 0) is 4.74 Å². The second kappa shape index (κ2) is 4.17. The average molecular weight is 199 g/mol. The standard InChI is InChI=1S/C11H21NO2/c1-2-10(9-3-4-9)12-7-11(13)5-6-14-8-11/h9-10,12-13H,2-8H2,1H3. The largest absolute Gasteiger partial charge is 0.386 e. The molecule has 1 saturated carbocycles. The zero-order valence-corrected chi connectivity index (χ0v) is 8.96. The molecule has 1 aliphatic carbocycles. The van der Waals surface area contributed by atoms with Gasteiger partial charge < -0.3 is 15.2 Å². The minimum Gasteiger partial charge on any atom is -0.386 e. The summed E-state index contributed by atoms with van der Waals surface area (Å²) in [6.45, 7) is 4.12. The second-order valence-electron chi connectivity index (χ2n) is 4.76. The minimum absolute atomic E-state index is 0.501. The van der Waals surface area contributed by atoms with Gasteiger partial charge in [-0.3, -0.25) is 0 Å². The average Bonchev–Trinajstić information content (AvgIpc) is 2.91. The molecule has 2 N–H and O–H groups in total. The molecular weight excluding hydrogens is 178 g/mol. The third-order valence-electron chi connectivity index (χ3n) is 3.41. The monoisotopic (exact) mass is 199 g/mol. The van der Waals surface area contributed by atoms with Crippen LogP contribution >= 0.6 is 0 Å². The molecular formula is C11H21NO2. The van der Waals surface area contributed by atoms with Crippen LogP contribution in [0.3, 0.4) is 0 Å². The molecule has 0 spiro atoms. The van der Waals surface area contributed by atoms with Crippen LogP contribution in [0.4, 0.5) is 0 Å². The Morgan fingerprint density at radius 3 is 2.86 bits per heavy atom. The lowest BCUT2D eigenvalue weighted by atomic mass is 10.0. The van der Waals surface area contributed by atoms with Crippen LogP contribution in [0.2, 0.25) is 0 Å². The maximum absolute atomic E-state index is 10.1. The van der Waals surface area contributed by atoms with Crippen molar-refractivity contribution < 1.29 is 9.84 Å². The van der Waals surface area contributed by atoms with E-state index in [9.17, 15) is 5.11 Å². The van der Waals surface area contributed by atoms with Gasteiger partial charge in [0.05, 0.1) is 6.61 Å². The molecule has 0 bridgehead atoms. The van der Waals surface area contributed by atoms with E-state index < -0.39 is 5.60 Å². The summed E-state index contributed by atoms with van der Waals surface area (Å²) >= 11 is 0. The minimum atomic E-state index is -0.595. The Morgan fingerprint density at radius 1 is 1.57 bits per heavy atom. The molecule has 1 saturated heterocycles. The van der Waals surface area contributed by atoms with E-state index in [1.807, 2.05) is 0 Å². The van der Waals surface area contributed by atoms with E-state index in [2.05, 4.69) is 12.2 Å². The van der Waals surface area contributed by atoms with Crippen LogP contribution in [0.15, 0.2) is 0 Å². The van der Waals surface area contributed by atoms with Crippen molar-refractivity contribution in [3.63, 3.8) is 0 Å². The van der Waals surface area contributed by atoms with Crippen molar-refractivity contribution in [2.24, 2.45) is 5.92 Å². The lowest BCUT2D eigenvalue weighted by Crippen LogP contribution is -2.45. The summed E-state index contributed by atoms with van der Waals surface area (Å²) in [6.07, 6.45) is 4.67. The van der Waals surface area contributed by atoms with E-state index >= 15 is 0 Å². The van der Waals surface area contributed by atoms with Gasteiger partial charge in [-0.25, -0.2) is 0 Å². The molecule has 0 aromatic carbocycles. The predicted molar refractivity (Wildman–Crippen MR) is 55.2 cm³/mol. The van der Waals surface area contributed by atoms with Gasteiger partial charge in [-0.2, -0.15) is 0 Å². The van der Waals surface area contributed by atoms with Crippen LogP contribution in [-0.4, -0.2) is 36.5 Å². The maximum Gasteiger partial charge on any atom is 0.102 e. The molecule has 0 amide bonds. The predicted octanol–water partition coefficient (Wildman–Crippen LogP) is 0.916. The summed E-state index contributed by atoms with van der Waals surface area (Å²) in [7, 11) is 0. The zero-order valence-electron chi connectivity index (χ0n) is 8.96. The van der Waals surface area contributed by atoms with Crippen LogP contribution in [0.5, 0.6) is 0 Å². The molecule has 0 aromatic heterocycles. The molecule has 82 valence electrons. The van der Waals surface area contributed by atoms with Crippen LogP contribution < -0.4 is 5.32 Å². The molecule has 1 aliphatic heterocycles. The number of ether oxygens (including phenoxy) is 1. The quantitative estimate of drug-likeness (QED) is 0.691. The molecule has 2 unspecified atom stereocenters. The van der Waals surface area contributed by atoms with Crippen molar-refractivity contribution in [3.8, 4) is 0 Å². The highest BCUT2D eigenvalue weighted by Crippen LogP contribution is 2.34. The Hall–Kier alpha value is -0.120. The summed E-state index contributed by atoms with van der Waals surface area (Å²) in [4.78, 5) is 0. The van der Waals surface area contributed by atoms with Crippen molar-refractivity contribution >= 4 is 0 Å². The van der Waals surface area contributed by atoms with Crippen LogP contribution in [0.1, 0.15) is 32.6 Å². The first-order chi connectivity index (χ1) is 6.73. The molecule has 2 fully saturated rings. The van der Waals surface area contributed by atoms with Gasteiger partial charge in [-0.15, -0.1) is 0 Å². The molecule has 1 heterocycles. The van der Waals surface area contributed by atoms with Crippen LogP contribution in [0, 0.1) is 5.92 Å². The highest BCUT2D eigenvalue weighted by Gasteiger charge is 2.35. The Bertz CT molecular complexity index is 186.